The van der Waals surface area contributed by atoms with Gasteiger partial charge in [0.05, 0.1) is 27.8 Å². The normalized spacial score (nSPS) is 11.1. The molecule has 2 aromatic carbocycles. The van der Waals surface area contributed by atoms with Crippen molar-refractivity contribution in [2.45, 2.75) is 23.6 Å². The zero-order chi connectivity index (χ0) is 24.2. The third-order valence-electron chi connectivity index (χ3n) is 4.61. The van der Waals surface area contributed by atoms with Crippen LogP contribution >= 0.6 is 0 Å². The molecule has 33 heavy (non-hydrogen) atoms. The Labute approximate surface area is 189 Å². The summed E-state index contributed by atoms with van der Waals surface area (Å²) in [6.07, 6.45) is -1.19. The van der Waals surface area contributed by atoms with Crippen LogP contribution in [0.5, 0.6) is 5.75 Å². The minimum Gasteiger partial charge on any atom is -0.432 e. The van der Waals surface area contributed by atoms with Gasteiger partial charge in [-0.3, -0.25) is 15.1 Å². The Morgan fingerprint density at radius 3 is 2.42 bits per heavy atom. The first kappa shape index (κ1) is 23.8. The first-order valence-corrected chi connectivity index (χ1v) is 11.2. The number of hydrogen-bond acceptors (Lipinski definition) is 9. The van der Waals surface area contributed by atoms with E-state index in [4.69, 9.17) is 14.6 Å². The molecule has 0 unspecified atom stereocenters. The second-order valence-corrected chi connectivity index (χ2v) is 8.75. The van der Waals surface area contributed by atoms with Crippen LogP contribution < -0.4 is 4.74 Å². The van der Waals surface area contributed by atoms with Gasteiger partial charge < -0.3 is 14.6 Å². The van der Waals surface area contributed by atoms with Gasteiger partial charge in [-0.1, -0.05) is 30.3 Å². The summed E-state index contributed by atoms with van der Waals surface area (Å²) in [5, 5.41) is 20.2. The molecule has 0 aliphatic carbocycles. The van der Waals surface area contributed by atoms with Crippen molar-refractivity contribution in [3.05, 3.63) is 76.1 Å². The number of benzene rings is 2. The van der Waals surface area contributed by atoms with E-state index in [9.17, 15) is 23.3 Å². The fourth-order valence-electron chi connectivity index (χ4n) is 3.27. The van der Waals surface area contributed by atoms with Crippen molar-refractivity contribution in [2.24, 2.45) is 0 Å². The highest BCUT2D eigenvalue weighted by atomic mass is 32.2. The van der Waals surface area contributed by atoms with Gasteiger partial charge in [0.25, 0.3) is 5.69 Å². The van der Waals surface area contributed by atoms with Crippen LogP contribution in [0, 0.1) is 24.0 Å². The van der Waals surface area contributed by atoms with Crippen LogP contribution in [0.3, 0.4) is 0 Å². The Bertz CT molecular complexity index is 1310. The number of aromatic nitrogens is 1. The molecule has 0 saturated carbocycles. The van der Waals surface area contributed by atoms with Gasteiger partial charge in [-0.15, -0.1) is 0 Å². The predicted molar refractivity (Wildman–Crippen MR) is 117 cm³/mol. The van der Waals surface area contributed by atoms with Gasteiger partial charge in [0.2, 0.25) is 9.84 Å². The smallest absolute Gasteiger partial charge is 0.432 e. The topological polar surface area (TPSA) is 146 Å². The molecule has 0 radical (unpaired) electrons. The number of hydrogen-bond donors (Lipinski definition) is 1. The molecule has 1 heterocycles. The van der Waals surface area contributed by atoms with Gasteiger partial charge in [0.1, 0.15) is 11.5 Å². The fraction of sp³-hybridized carbons (Fsp3) is 0.182. The summed E-state index contributed by atoms with van der Waals surface area (Å²) in [7, 11) is -4.18. The number of non-ortho nitro benzene ring substituents is 1. The van der Waals surface area contributed by atoms with Crippen molar-refractivity contribution >= 4 is 21.7 Å². The molecule has 0 amide bonds. The third kappa shape index (κ3) is 4.99. The van der Waals surface area contributed by atoms with Crippen LogP contribution in [-0.4, -0.2) is 42.8 Å². The maximum absolute atomic E-state index is 13.6. The van der Waals surface area contributed by atoms with Crippen molar-refractivity contribution in [1.82, 2.24) is 4.98 Å². The summed E-state index contributed by atoms with van der Waals surface area (Å²) < 4.78 is 37.3. The van der Waals surface area contributed by atoms with E-state index < -0.39 is 27.5 Å². The standard InChI is InChI=1S/C22H20N2O8S/c1-14-20(32-22(26)31-12-11-25)19(16-7-6-8-17(13-16)24(27)28)21(15(2)23-14)33(29,30)18-9-4-3-5-10-18/h3-10,13,25H,11-12H2,1-2H3. The van der Waals surface area contributed by atoms with Crippen LogP contribution in [0.4, 0.5) is 10.5 Å². The SMILES string of the molecule is Cc1nc(C)c(S(=O)(=O)c2ccccc2)c(-c2cccc([N+](=O)[O-])c2)c1OC(=O)OCCO. The van der Waals surface area contributed by atoms with Crippen molar-refractivity contribution in [3.63, 3.8) is 0 Å². The Kier molecular flexibility index (Phi) is 7.04. The molecule has 11 heteroatoms. The van der Waals surface area contributed by atoms with Crippen molar-refractivity contribution in [1.29, 1.82) is 0 Å². The molecule has 10 nitrogen and oxygen atoms in total. The minimum absolute atomic E-state index is 0.0285. The highest BCUT2D eigenvalue weighted by molar-refractivity contribution is 7.91. The van der Waals surface area contributed by atoms with Crippen LogP contribution in [0.15, 0.2) is 64.4 Å². The molecular weight excluding hydrogens is 452 g/mol. The molecule has 1 aromatic heterocycles. The lowest BCUT2D eigenvalue weighted by Crippen LogP contribution is -2.17. The van der Waals surface area contributed by atoms with E-state index in [1.165, 1.54) is 50.2 Å². The Morgan fingerprint density at radius 2 is 1.79 bits per heavy atom. The Balaban J connectivity index is 2.36. The number of aliphatic hydroxyl groups excluding tert-OH is 1. The molecule has 0 fully saturated rings. The first-order chi connectivity index (χ1) is 15.7. The van der Waals surface area contributed by atoms with E-state index in [1.807, 2.05) is 0 Å². The van der Waals surface area contributed by atoms with Crippen molar-refractivity contribution in [2.75, 3.05) is 13.2 Å². The third-order valence-corrected chi connectivity index (χ3v) is 6.54. The van der Waals surface area contributed by atoms with Crippen LogP contribution in [0.1, 0.15) is 11.4 Å². The van der Waals surface area contributed by atoms with Gasteiger partial charge >= 0.3 is 6.16 Å². The fourth-order valence-corrected chi connectivity index (χ4v) is 4.93. The predicted octanol–water partition coefficient (Wildman–Crippen LogP) is 3.61. The minimum atomic E-state index is -4.18. The molecule has 0 atom stereocenters. The number of ether oxygens (including phenoxy) is 2. The number of rotatable bonds is 7. The summed E-state index contributed by atoms with van der Waals surface area (Å²) in [4.78, 5) is 26.8. The molecule has 3 aromatic rings. The molecule has 0 saturated heterocycles. The summed E-state index contributed by atoms with van der Waals surface area (Å²) in [6, 6.07) is 12.9. The zero-order valence-corrected chi connectivity index (χ0v) is 18.5. The highest BCUT2D eigenvalue weighted by Gasteiger charge is 2.31. The number of sulfone groups is 1. The van der Waals surface area contributed by atoms with Crippen molar-refractivity contribution in [3.8, 4) is 16.9 Å². The molecule has 0 spiro atoms. The van der Waals surface area contributed by atoms with E-state index in [0.717, 1.165) is 0 Å². The molecule has 172 valence electrons. The summed E-state index contributed by atoms with van der Waals surface area (Å²) in [6.45, 7) is 2.21. The second-order valence-electron chi connectivity index (χ2n) is 6.86. The Morgan fingerprint density at radius 1 is 1.09 bits per heavy atom. The molecule has 1 N–H and O–H groups in total. The van der Waals surface area contributed by atoms with Gasteiger partial charge in [-0.25, -0.2) is 13.2 Å². The number of nitro groups is 1. The lowest BCUT2D eigenvalue weighted by molar-refractivity contribution is -0.384. The summed E-state index contributed by atoms with van der Waals surface area (Å²) in [5.74, 6) is -0.224. The highest BCUT2D eigenvalue weighted by Crippen LogP contribution is 2.42. The summed E-state index contributed by atoms with van der Waals surface area (Å²) >= 11 is 0. The number of nitro benzene ring substituents is 1. The molecular formula is C22H20N2O8S. The second kappa shape index (κ2) is 9.76. The van der Waals surface area contributed by atoms with Crippen LogP contribution in [-0.2, 0) is 14.6 Å². The zero-order valence-electron chi connectivity index (χ0n) is 17.7. The number of aliphatic hydroxyl groups is 1. The average molecular weight is 472 g/mol. The maximum Gasteiger partial charge on any atom is 0.514 e. The van der Waals surface area contributed by atoms with Crippen LogP contribution in [0.25, 0.3) is 11.1 Å². The van der Waals surface area contributed by atoms with Gasteiger partial charge in [0, 0.05) is 17.7 Å². The number of carbonyl (C=O) groups excluding carboxylic acids is 1. The van der Waals surface area contributed by atoms with E-state index in [1.54, 1.807) is 18.2 Å². The van der Waals surface area contributed by atoms with Crippen LogP contribution in [0.2, 0.25) is 0 Å². The van der Waals surface area contributed by atoms with Crippen molar-refractivity contribution < 1.29 is 32.7 Å². The number of nitrogens with zero attached hydrogens (tertiary/aromatic N) is 2. The number of carbonyl (C=O) groups is 1. The molecule has 0 bridgehead atoms. The molecule has 0 aliphatic rings. The molecule has 0 aliphatic heterocycles. The van der Waals surface area contributed by atoms with E-state index in [-0.39, 0.29) is 50.3 Å². The van der Waals surface area contributed by atoms with Gasteiger partial charge in [0.15, 0.2) is 5.75 Å². The van der Waals surface area contributed by atoms with Gasteiger partial charge in [-0.05, 0) is 31.5 Å². The van der Waals surface area contributed by atoms with E-state index >= 15 is 0 Å². The number of aryl methyl sites for hydroxylation is 2. The van der Waals surface area contributed by atoms with E-state index in [0.29, 0.717) is 0 Å². The maximum atomic E-state index is 13.6. The lowest BCUT2D eigenvalue weighted by atomic mass is 10.0. The Hall–Kier alpha value is -3.83. The average Bonchev–Trinajstić information content (AvgIpc) is 2.79. The quantitative estimate of drug-likeness (QED) is 0.309. The number of pyridine rings is 1. The lowest BCUT2D eigenvalue weighted by Gasteiger charge is -2.19. The first-order valence-electron chi connectivity index (χ1n) is 9.68. The molecule has 3 rings (SSSR count). The largest absolute Gasteiger partial charge is 0.514 e. The summed E-state index contributed by atoms with van der Waals surface area (Å²) in [5.41, 5.74) is 0.0816. The van der Waals surface area contributed by atoms with E-state index in [2.05, 4.69) is 4.98 Å². The monoisotopic (exact) mass is 472 g/mol. The van der Waals surface area contributed by atoms with Gasteiger partial charge in [-0.2, -0.15) is 0 Å².